The van der Waals surface area contributed by atoms with E-state index in [2.05, 4.69) is 32.8 Å². The van der Waals surface area contributed by atoms with Gasteiger partial charge in [-0.1, -0.05) is 22.0 Å². The van der Waals surface area contributed by atoms with Crippen molar-refractivity contribution in [2.24, 2.45) is 5.84 Å². The van der Waals surface area contributed by atoms with Gasteiger partial charge in [-0.2, -0.15) is 0 Å². The molecule has 0 bridgehead atoms. The molecule has 96 valence electrons. The molecule has 18 heavy (non-hydrogen) atoms. The number of thiophene rings is 1. The van der Waals surface area contributed by atoms with E-state index in [9.17, 15) is 0 Å². The molecule has 1 atom stereocenters. The zero-order valence-electron chi connectivity index (χ0n) is 10.0. The molecular formula is C13H15BrN2OS. The Bertz CT molecular complexity index is 502. The van der Waals surface area contributed by atoms with Crippen LogP contribution < -0.4 is 16.0 Å². The van der Waals surface area contributed by atoms with Crippen LogP contribution in [0.4, 0.5) is 0 Å². The lowest BCUT2D eigenvalue weighted by Crippen LogP contribution is -2.29. The average molecular weight is 327 g/mol. The largest absolute Gasteiger partial charge is 0.497 e. The number of nitrogens with two attached hydrogens (primary N) is 1. The van der Waals surface area contributed by atoms with Gasteiger partial charge in [0.25, 0.3) is 0 Å². The van der Waals surface area contributed by atoms with Crippen LogP contribution in [0.3, 0.4) is 0 Å². The average Bonchev–Trinajstić information content (AvgIpc) is 2.90. The number of halogens is 1. The second-order valence-electron chi connectivity index (χ2n) is 3.89. The molecule has 0 radical (unpaired) electrons. The summed E-state index contributed by atoms with van der Waals surface area (Å²) in [6.45, 7) is 0. The molecular weight excluding hydrogens is 312 g/mol. The van der Waals surface area contributed by atoms with E-state index in [0.717, 1.165) is 22.2 Å². The van der Waals surface area contributed by atoms with Crippen molar-refractivity contribution in [2.75, 3.05) is 7.11 Å². The molecule has 0 aliphatic carbocycles. The normalized spacial score (nSPS) is 12.4. The van der Waals surface area contributed by atoms with Crippen molar-refractivity contribution in [3.05, 3.63) is 50.6 Å². The number of nitrogens with one attached hydrogen (secondary N) is 1. The molecule has 3 N–H and O–H groups in total. The van der Waals surface area contributed by atoms with Crippen molar-refractivity contribution in [1.29, 1.82) is 0 Å². The Morgan fingerprint density at radius 3 is 2.89 bits per heavy atom. The highest BCUT2D eigenvalue weighted by Gasteiger charge is 2.15. The van der Waals surface area contributed by atoms with Crippen LogP contribution in [0, 0.1) is 0 Å². The van der Waals surface area contributed by atoms with Gasteiger partial charge in [0, 0.05) is 15.8 Å². The number of benzene rings is 1. The Morgan fingerprint density at radius 1 is 1.44 bits per heavy atom. The Kier molecular flexibility index (Phi) is 4.77. The molecule has 0 spiro atoms. The molecule has 1 aromatic carbocycles. The van der Waals surface area contributed by atoms with Crippen LogP contribution in [0.5, 0.6) is 5.75 Å². The van der Waals surface area contributed by atoms with Crippen molar-refractivity contribution < 1.29 is 4.74 Å². The Labute approximate surface area is 119 Å². The zero-order valence-corrected chi connectivity index (χ0v) is 12.4. The third-order valence-electron chi connectivity index (χ3n) is 2.77. The Morgan fingerprint density at radius 2 is 2.28 bits per heavy atom. The first-order valence-electron chi connectivity index (χ1n) is 5.56. The van der Waals surface area contributed by atoms with E-state index >= 15 is 0 Å². The second-order valence-corrected chi connectivity index (χ2v) is 5.78. The van der Waals surface area contributed by atoms with Crippen LogP contribution in [0.1, 0.15) is 16.5 Å². The van der Waals surface area contributed by atoms with Crippen LogP contribution in [0.2, 0.25) is 0 Å². The van der Waals surface area contributed by atoms with Gasteiger partial charge in [-0.05, 0) is 35.2 Å². The lowest BCUT2D eigenvalue weighted by molar-refractivity contribution is 0.412. The molecule has 1 unspecified atom stereocenters. The highest BCUT2D eigenvalue weighted by atomic mass is 79.9. The van der Waals surface area contributed by atoms with Gasteiger partial charge in [0.1, 0.15) is 5.75 Å². The smallest absolute Gasteiger partial charge is 0.119 e. The quantitative estimate of drug-likeness (QED) is 0.654. The summed E-state index contributed by atoms with van der Waals surface area (Å²) in [5, 5.41) is 2.07. The number of methoxy groups -OCH3 is 1. The fourth-order valence-electron chi connectivity index (χ4n) is 1.80. The van der Waals surface area contributed by atoms with Crippen LogP contribution in [0.15, 0.2) is 40.2 Å². The van der Waals surface area contributed by atoms with E-state index in [1.54, 1.807) is 18.4 Å². The fourth-order valence-corrected chi connectivity index (χ4v) is 3.08. The van der Waals surface area contributed by atoms with Crippen LogP contribution in [-0.2, 0) is 6.42 Å². The second kappa shape index (κ2) is 6.33. The Hall–Kier alpha value is -0.880. The minimum Gasteiger partial charge on any atom is -0.497 e. The van der Waals surface area contributed by atoms with Crippen molar-refractivity contribution in [1.82, 2.24) is 5.43 Å². The van der Waals surface area contributed by atoms with Crippen LogP contribution >= 0.6 is 27.3 Å². The molecule has 1 heterocycles. The molecule has 5 heteroatoms. The van der Waals surface area contributed by atoms with Gasteiger partial charge in [-0.15, -0.1) is 11.3 Å². The minimum atomic E-state index is 0.0631. The maximum Gasteiger partial charge on any atom is 0.119 e. The monoisotopic (exact) mass is 326 g/mol. The first-order chi connectivity index (χ1) is 8.74. The summed E-state index contributed by atoms with van der Waals surface area (Å²) in [6, 6.07) is 10.1. The molecule has 3 nitrogen and oxygen atoms in total. The van der Waals surface area contributed by atoms with E-state index in [1.165, 1.54) is 4.88 Å². The van der Waals surface area contributed by atoms with Gasteiger partial charge in [-0.25, -0.2) is 0 Å². The lowest BCUT2D eigenvalue weighted by atomic mass is 10.0. The highest BCUT2D eigenvalue weighted by molar-refractivity contribution is 9.10. The van der Waals surface area contributed by atoms with E-state index < -0.39 is 0 Å². The van der Waals surface area contributed by atoms with Gasteiger partial charge in [-0.3, -0.25) is 11.3 Å². The van der Waals surface area contributed by atoms with Crippen LogP contribution in [0.25, 0.3) is 0 Å². The minimum absolute atomic E-state index is 0.0631. The van der Waals surface area contributed by atoms with E-state index in [1.807, 2.05) is 24.3 Å². The number of hydrogen-bond acceptors (Lipinski definition) is 4. The summed E-state index contributed by atoms with van der Waals surface area (Å²) in [7, 11) is 1.66. The van der Waals surface area contributed by atoms with Crippen molar-refractivity contribution in [3.8, 4) is 5.75 Å². The van der Waals surface area contributed by atoms with Crippen molar-refractivity contribution >= 4 is 27.3 Å². The molecule has 0 saturated heterocycles. The van der Waals surface area contributed by atoms with E-state index in [-0.39, 0.29) is 6.04 Å². The molecule has 2 aromatic rings. The van der Waals surface area contributed by atoms with E-state index in [0.29, 0.717) is 0 Å². The molecule has 0 fully saturated rings. The van der Waals surface area contributed by atoms with Gasteiger partial charge >= 0.3 is 0 Å². The third kappa shape index (κ3) is 3.11. The summed E-state index contributed by atoms with van der Waals surface area (Å²) < 4.78 is 6.28. The maximum atomic E-state index is 5.67. The van der Waals surface area contributed by atoms with Crippen LogP contribution in [-0.4, -0.2) is 7.11 Å². The number of ether oxygens (including phenoxy) is 1. The predicted molar refractivity (Wildman–Crippen MR) is 78.8 cm³/mol. The first kappa shape index (κ1) is 13.5. The predicted octanol–water partition coefficient (Wildman–Crippen LogP) is 3.27. The molecule has 2 rings (SSSR count). The molecule has 0 saturated carbocycles. The van der Waals surface area contributed by atoms with Gasteiger partial charge < -0.3 is 4.74 Å². The van der Waals surface area contributed by atoms with Gasteiger partial charge in [0.2, 0.25) is 0 Å². The summed E-state index contributed by atoms with van der Waals surface area (Å²) in [6.07, 6.45) is 0.861. The first-order valence-corrected chi connectivity index (χ1v) is 7.24. The lowest BCUT2D eigenvalue weighted by Gasteiger charge is -2.18. The standard InChI is InChI=1S/C13H15BrN2OS/c1-17-9-4-5-12(14)11(7-9)13(16-15)8-10-3-2-6-18-10/h2-7,13,16H,8,15H2,1H3. The van der Waals surface area contributed by atoms with Gasteiger partial charge in [0.05, 0.1) is 13.2 Å². The summed E-state index contributed by atoms with van der Waals surface area (Å²) in [5.74, 6) is 6.51. The molecule has 0 amide bonds. The fraction of sp³-hybridized carbons (Fsp3) is 0.231. The molecule has 1 aromatic heterocycles. The highest BCUT2D eigenvalue weighted by Crippen LogP contribution is 2.30. The molecule has 0 aliphatic heterocycles. The van der Waals surface area contributed by atoms with E-state index in [4.69, 9.17) is 10.6 Å². The summed E-state index contributed by atoms with van der Waals surface area (Å²) in [5.41, 5.74) is 3.97. The number of rotatable bonds is 5. The van der Waals surface area contributed by atoms with Crippen molar-refractivity contribution in [2.45, 2.75) is 12.5 Å². The molecule has 0 aliphatic rings. The maximum absolute atomic E-state index is 5.67. The SMILES string of the molecule is COc1ccc(Br)c(C(Cc2cccs2)NN)c1. The number of hydrogen-bond donors (Lipinski definition) is 2. The zero-order chi connectivity index (χ0) is 13.0. The topological polar surface area (TPSA) is 47.3 Å². The number of hydrazine groups is 1. The Balaban J connectivity index is 2.26. The van der Waals surface area contributed by atoms with Gasteiger partial charge in [0.15, 0.2) is 0 Å². The summed E-state index contributed by atoms with van der Waals surface area (Å²) in [4.78, 5) is 1.30. The summed E-state index contributed by atoms with van der Waals surface area (Å²) >= 11 is 5.29. The third-order valence-corrected chi connectivity index (χ3v) is 4.39. The van der Waals surface area contributed by atoms with Crippen molar-refractivity contribution in [3.63, 3.8) is 0 Å².